The molecule has 0 aliphatic carbocycles. The van der Waals surface area contributed by atoms with Crippen LogP contribution in [0.3, 0.4) is 0 Å². The van der Waals surface area contributed by atoms with Crippen molar-refractivity contribution in [2.45, 2.75) is 26.2 Å². The lowest BCUT2D eigenvalue weighted by Gasteiger charge is -2.15. The van der Waals surface area contributed by atoms with Crippen LogP contribution in [0, 0.1) is 0 Å². The van der Waals surface area contributed by atoms with E-state index in [1.165, 1.54) is 0 Å². The number of fused-ring (bicyclic) bond motifs is 1. The average Bonchev–Trinajstić information content (AvgIpc) is 3.07. The van der Waals surface area contributed by atoms with Gasteiger partial charge in [-0.05, 0) is 36.1 Å². The van der Waals surface area contributed by atoms with Gasteiger partial charge in [-0.3, -0.25) is 4.79 Å². The van der Waals surface area contributed by atoms with Crippen LogP contribution in [0.2, 0.25) is 0 Å². The number of benzene rings is 2. The van der Waals surface area contributed by atoms with Gasteiger partial charge in [0, 0.05) is 11.8 Å². The maximum atomic E-state index is 12.2. The summed E-state index contributed by atoms with van der Waals surface area (Å²) in [6.07, 6.45) is 1.01. The van der Waals surface area contributed by atoms with Gasteiger partial charge in [0.05, 0.1) is 0 Å². The Balaban J connectivity index is 1.60. The smallest absolute Gasteiger partial charge is 0.262 e. The summed E-state index contributed by atoms with van der Waals surface area (Å²) in [6.45, 7) is 4.43. The molecule has 0 bridgehead atoms. The molecule has 1 N–H and O–H groups in total. The minimum Gasteiger partial charge on any atom is -0.484 e. The lowest BCUT2D eigenvalue weighted by molar-refractivity contribution is -0.118. The molecule has 126 valence electrons. The highest BCUT2D eigenvalue weighted by atomic mass is 16.7. The van der Waals surface area contributed by atoms with Gasteiger partial charge in [0.2, 0.25) is 6.79 Å². The van der Waals surface area contributed by atoms with Gasteiger partial charge in [0.15, 0.2) is 18.1 Å². The van der Waals surface area contributed by atoms with E-state index < -0.39 is 0 Å². The Hall–Kier alpha value is -2.69. The minimum absolute atomic E-state index is 0.0610. The van der Waals surface area contributed by atoms with Crippen molar-refractivity contribution in [2.24, 2.45) is 0 Å². The summed E-state index contributed by atoms with van der Waals surface area (Å²) in [5, 5.41) is 2.93. The highest BCUT2D eigenvalue weighted by molar-refractivity contribution is 5.92. The number of nitrogens with one attached hydrogen (secondary N) is 1. The summed E-state index contributed by atoms with van der Waals surface area (Å²) in [5.41, 5.74) is 1.97. The molecular weight excluding hydrogens is 306 g/mol. The Bertz CT molecular complexity index is 729. The molecule has 0 spiro atoms. The summed E-state index contributed by atoms with van der Waals surface area (Å²) in [7, 11) is 0. The van der Waals surface area contributed by atoms with E-state index in [0.717, 1.165) is 17.7 Å². The number of hydrogen-bond acceptors (Lipinski definition) is 4. The average molecular weight is 327 g/mol. The van der Waals surface area contributed by atoms with Crippen LogP contribution in [-0.4, -0.2) is 19.3 Å². The Morgan fingerprint density at radius 2 is 2.00 bits per heavy atom. The van der Waals surface area contributed by atoms with E-state index in [2.05, 4.69) is 19.2 Å². The molecule has 1 aliphatic rings. The molecule has 0 aromatic heterocycles. The van der Waals surface area contributed by atoms with E-state index in [1.54, 1.807) is 18.2 Å². The minimum atomic E-state index is -0.191. The lowest BCUT2D eigenvalue weighted by atomic mass is 9.97. The molecule has 2 aromatic rings. The zero-order valence-corrected chi connectivity index (χ0v) is 13.9. The van der Waals surface area contributed by atoms with Gasteiger partial charge in [-0.1, -0.05) is 32.0 Å². The first-order chi connectivity index (χ1) is 11.7. The fourth-order valence-electron chi connectivity index (χ4n) is 2.56. The van der Waals surface area contributed by atoms with Crippen molar-refractivity contribution in [2.75, 3.05) is 18.7 Å². The van der Waals surface area contributed by atoms with Crippen LogP contribution < -0.4 is 19.5 Å². The second kappa shape index (κ2) is 7.25. The van der Waals surface area contributed by atoms with Gasteiger partial charge in [-0.2, -0.15) is 0 Å². The van der Waals surface area contributed by atoms with Crippen molar-refractivity contribution < 1.29 is 19.0 Å². The van der Waals surface area contributed by atoms with Crippen LogP contribution in [0.4, 0.5) is 5.69 Å². The fraction of sp³-hybridized carbons (Fsp3) is 0.316. The van der Waals surface area contributed by atoms with Gasteiger partial charge in [-0.25, -0.2) is 0 Å². The molecular formula is C19H21NO4. The first-order valence-corrected chi connectivity index (χ1v) is 8.08. The van der Waals surface area contributed by atoms with Crippen molar-refractivity contribution in [1.29, 1.82) is 0 Å². The van der Waals surface area contributed by atoms with Gasteiger partial charge in [-0.15, -0.1) is 0 Å². The van der Waals surface area contributed by atoms with E-state index in [1.807, 2.05) is 24.3 Å². The van der Waals surface area contributed by atoms with Crippen LogP contribution in [0.5, 0.6) is 17.2 Å². The van der Waals surface area contributed by atoms with Gasteiger partial charge < -0.3 is 19.5 Å². The number of carbonyl (C=O) groups is 1. The molecule has 1 unspecified atom stereocenters. The van der Waals surface area contributed by atoms with E-state index >= 15 is 0 Å². The number of rotatable bonds is 6. The van der Waals surface area contributed by atoms with E-state index in [-0.39, 0.29) is 19.3 Å². The Morgan fingerprint density at radius 3 is 2.83 bits per heavy atom. The predicted octanol–water partition coefficient (Wildman–Crippen LogP) is 3.95. The Labute approximate surface area is 141 Å². The van der Waals surface area contributed by atoms with Crippen molar-refractivity contribution in [3.05, 3.63) is 48.0 Å². The number of ether oxygens (including phenoxy) is 3. The van der Waals surface area contributed by atoms with Crippen molar-refractivity contribution in [1.82, 2.24) is 0 Å². The zero-order valence-electron chi connectivity index (χ0n) is 13.9. The zero-order chi connectivity index (χ0) is 16.9. The number of para-hydroxylation sites is 1. The molecule has 1 aliphatic heterocycles. The van der Waals surface area contributed by atoms with Crippen molar-refractivity contribution in [3.63, 3.8) is 0 Å². The molecule has 0 saturated carbocycles. The van der Waals surface area contributed by atoms with Gasteiger partial charge in [0.1, 0.15) is 5.75 Å². The van der Waals surface area contributed by atoms with E-state index in [4.69, 9.17) is 14.2 Å². The second-order valence-electron chi connectivity index (χ2n) is 5.75. The monoisotopic (exact) mass is 327 g/mol. The number of carbonyl (C=O) groups excluding carboxylic acids is 1. The standard InChI is InChI=1S/C19H21NO4/c1-3-13(2)15-6-4-5-7-16(15)20-19(21)11-22-14-8-9-17-18(10-14)24-12-23-17/h4-10,13H,3,11-12H2,1-2H3,(H,20,21). The molecule has 1 atom stereocenters. The van der Waals surface area contributed by atoms with Gasteiger partial charge in [0.25, 0.3) is 5.91 Å². The highest BCUT2D eigenvalue weighted by Crippen LogP contribution is 2.35. The Kier molecular flexibility index (Phi) is 4.89. The van der Waals surface area contributed by atoms with Gasteiger partial charge >= 0.3 is 0 Å². The summed E-state index contributed by atoms with van der Waals surface area (Å²) in [6, 6.07) is 13.1. The largest absolute Gasteiger partial charge is 0.484 e. The summed E-state index contributed by atoms with van der Waals surface area (Å²) in [5.74, 6) is 2.09. The second-order valence-corrected chi connectivity index (χ2v) is 5.75. The first kappa shape index (κ1) is 16.2. The highest BCUT2D eigenvalue weighted by Gasteiger charge is 2.15. The SMILES string of the molecule is CCC(C)c1ccccc1NC(=O)COc1ccc2c(c1)OCO2. The molecule has 2 aromatic carbocycles. The molecule has 1 heterocycles. The molecule has 5 nitrogen and oxygen atoms in total. The van der Waals surface area contributed by atoms with Crippen LogP contribution in [0.15, 0.2) is 42.5 Å². The third-order valence-electron chi connectivity index (χ3n) is 4.09. The van der Waals surface area contributed by atoms with E-state index in [9.17, 15) is 4.79 Å². The normalized spacial score (nSPS) is 13.4. The van der Waals surface area contributed by atoms with Crippen LogP contribution in [0.25, 0.3) is 0 Å². The Morgan fingerprint density at radius 1 is 1.21 bits per heavy atom. The van der Waals surface area contributed by atoms with Crippen LogP contribution >= 0.6 is 0 Å². The third kappa shape index (κ3) is 3.62. The summed E-state index contributed by atoms with van der Waals surface area (Å²) < 4.78 is 16.1. The molecule has 0 radical (unpaired) electrons. The molecule has 0 saturated heterocycles. The van der Waals surface area contributed by atoms with Crippen LogP contribution in [-0.2, 0) is 4.79 Å². The molecule has 0 fully saturated rings. The maximum absolute atomic E-state index is 12.2. The third-order valence-corrected chi connectivity index (χ3v) is 4.09. The summed E-state index contributed by atoms with van der Waals surface area (Å²) in [4.78, 5) is 12.2. The first-order valence-electron chi connectivity index (χ1n) is 8.08. The quantitative estimate of drug-likeness (QED) is 0.873. The maximum Gasteiger partial charge on any atom is 0.262 e. The molecule has 5 heteroatoms. The summed E-state index contributed by atoms with van der Waals surface area (Å²) >= 11 is 0. The fourth-order valence-corrected chi connectivity index (χ4v) is 2.56. The lowest BCUT2D eigenvalue weighted by Crippen LogP contribution is -2.21. The number of hydrogen-bond donors (Lipinski definition) is 1. The topological polar surface area (TPSA) is 56.8 Å². The van der Waals surface area contributed by atoms with E-state index in [0.29, 0.717) is 23.2 Å². The predicted molar refractivity (Wildman–Crippen MR) is 91.8 cm³/mol. The number of anilines is 1. The van der Waals surface area contributed by atoms with Crippen LogP contribution in [0.1, 0.15) is 31.7 Å². The molecule has 24 heavy (non-hydrogen) atoms. The van der Waals surface area contributed by atoms with Crippen molar-refractivity contribution in [3.8, 4) is 17.2 Å². The van der Waals surface area contributed by atoms with Crippen molar-refractivity contribution >= 4 is 11.6 Å². The molecule has 1 amide bonds. The molecule has 3 rings (SSSR count). The number of amides is 1.